The molecule has 0 unspecified atom stereocenters. The minimum Gasteiger partial charge on any atom is -0.459 e. The highest BCUT2D eigenvalue weighted by atomic mass is 16.5. The van der Waals surface area contributed by atoms with Crippen LogP contribution in [0.15, 0.2) is 22.8 Å². The Balaban J connectivity index is 1.35. The van der Waals surface area contributed by atoms with Gasteiger partial charge in [-0.15, -0.1) is 0 Å². The molecule has 10 heteroatoms. The molecule has 1 aromatic rings. The molecule has 1 N–H and O–H groups in total. The van der Waals surface area contributed by atoms with Crippen LogP contribution in [0.25, 0.3) is 0 Å². The van der Waals surface area contributed by atoms with Crippen LogP contribution in [0.4, 0.5) is 4.79 Å². The summed E-state index contributed by atoms with van der Waals surface area (Å²) in [5, 5.41) is 2.41. The SMILES string of the molecule is O=C(CN1C(=O)CNC1=O)N1CCOC2(CCN(C(=O)c3ccco3)CC2)C1. The van der Waals surface area contributed by atoms with Crippen LogP contribution in [0.3, 0.4) is 0 Å². The van der Waals surface area contributed by atoms with Crippen molar-refractivity contribution in [2.24, 2.45) is 0 Å². The lowest BCUT2D eigenvalue weighted by molar-refractivity contribution is -0.159. The molecule has 3 aliphatic heterocycles. The number of nitrogens with one attached hydrogen (secondary N) is 1. The number of rotatable bonds is 3. The van der Waals surface area contributed by atoms with Gasteiger partial charge in [-0.05, 0) is 25.0 Å². The van der Waals surface area contributed by atoms with Crippen molar-refractivity contribution >= 4 is 23.8 Å². The van der Waals surface area contributed by atoms with Crippen molar-refractivity contribution in [3.63, 3.8) is 0 Å². The van der Waals surface area contributed by atoms with E-state index in [1.807, 2.05) is 0 Å². The van der Waals surface area contributed by atoms with E-state index >= 15 is 0 Å². The number of amides is 5. The van der Waals surface area contributed by atoms with Gasteiger partial charge in [0, 0.05) is 26.2 Å². The lowest BCUT2D eigenvalue weighted by Gasteiger charge is -2.47. The summed E-state index contributed by atoms with van der Waals surface area (Å²) in [5.74, 6) is -0.513. The third-order valence-corrected chi connectivity index (χ3v) is 5.53. The van der Waals surface area contributed by atoms with Crippen LogP contribution in [-0.4, -0.2) is 89.9 Å². The van der Waals surface area contributed by atoms with Gasteiger partial charge in [0.05, 0.1) is 25.0 Å². The number of urea groups is 1. The largest absolute Gasteiger partial charge is 0.459 e. The van der Waals surface area contributed by atoms with Crippen molar-refractivity contribution in [2.75, 3.05) is 45.9 Å². The van der Waals surface area contributed by atoms with Crippen molar-refractivity contribution in [3.8, 4) is 0 Å². The fraction of sp³-hybridized carbons (Fsp3) is 0.556. The summed E-state index contributed by atoms with van der Waals surface area (Å²) < 4.78 is 11.2. The first-order valence-electron chi connectivity index (χ1n) is 9.30. The van der Waals surface area contributed by atoms with Crippen LogP contribution in [0.2, 0.25) is 0 Å². The third kappa shape index (κ3) is 3.47. The van der Waals surface area contributed by atoms with E-state index in [2.05, 4.69) is 5.32 Å². The van der Waals surface area contributed by atoms with Gasteiger partial charge in [0.1, 0.15) is 6.54 Å². The van der Waals surface area contributed by atoms with Crippen molar-refractivity contribution in [1.29, 1.82) is 0 Å². The zero-order chi connectivity index (χ0) is 19.7. The number of piperidine rings is 1. The first-order valence-corrected chi connectivity index (χ1v) is 9.30. The molecule has 1 aromatic heterocycles. The molecule has 0 aromatic carbocycles. The molecule has 0 saturated carbocycles. The second-order valence-electron chi connectivity index (χ2n) is 7.25. The van der Waals surface area contributed by atoms with Gasteiger partial charge in [-0.1, -0.05) is 0 Å². The minimum atomic E-state index is -0.536. The van der Waals surface area contributed by atoms with Crippen LogP contribution in [-0.2, 0) is 14.3 Å². The number of nitrogens with zero attached hydrogens (tertiary/aromatic N) is 3. The van der Waals surface area contributed by atoms with Gasteiger partial charge in [0.25, 0.3) is 11.8 Å². The van der Waals surface area contributed by atoms with Crippen molar-refractivity contribution in [2.45, 2.75) is 18.4 Å². The molecule has 0 atom stereocenters. The van der Waals surface area contributed by atoms with Crippen LogP contribution >= 0.6 is 0 Å². The Kier molecular flexibility index (Phi) is 4.80. The van der Waals surface area contributed by atoms with Crippen molar-refractivity contribution in [1.82, 2.24) is 20.0 Å². The summed E-state index contributed by atoms with van der Waals surface area (Å²) in [5.41, 5.74) is -0.509. The number of imide groups is 1. The van der Waals surface area contributed by atoms with Gasteiger partial charge in [0.15, 0.2) is 5.76 Å². The molecule has 3 saturated heterocycles. The van der Waals surface area contributed by atoms with E-state index in [4.69, 9.17) is 9.15 Å². The smallest absolute Gasteiger partial charge is 0.325 e. The molecule has 4 heterocycles. The maximum atomic E-state index is 12.6. The van der Waals surface area contributed by atoms with Crippen LogP contribution < -0.4 is 5.32 Å². The molecule has 0 bridgehead atoms. The Hall–Kier alpha value is -2.88. The Morgan fingerprint density at radius 1 is 1.14 bits per heavy atom. The number of hydrogen-bond donors (Lipinski definition) is 1. The van der Waals surface area contributed by atoms with Gasteiger partial charge in [0.2, 0.25) is 5.91 Å². The molecule has 10 nitrogen and oxygen atoms in total. The summed E-state index contributed by atoms with van der Waals surface area (Å²) >= 11 is 0. The number of morpholine rings is 1. The second kappa shape index (κ2) is 7.27. The number of hydrogen-bond acceptors (Lipinski definition) is 6. The predicted molar refractivity (Wildman–Crippen MR) is 94.2 cm³/mol. The monoisotopic (exact) mass is 390 g/mol. The van der Waals surface area contributed by atoms with E-state index in [1.54, 1.807) is 21.9 Å². The quantitative estimate of drug-likeness (QED) is 0.707. The molecule has 0 aliphatic carbocycles. The Bertz CT molecular complexity index is 768. The minimum absolute atomic E-state index is 0.0707. The highest BCUT2D eigenvalue weighted by Gasteiger charge is 2.43. The number of furan rings is 1. The van der Waals surface area contributed by atoms with E-state index in [-0.39, 0.29) is 24.9 Å². The number of likely N-dealkylation sites (tertiary alicyclic amines) is 1. The van der Waals surface area contributed by atoms with E-state index in [1.165, 1.54) is 6.26 Å². The molecular formula is C18H22N4O6. The van der Waals surface area contributed by atoms with Crippen LogP contribution in [0.1, 0.15) is 23.4 Å². The molecule has 3 aliphatic rings. The number of ether oxygens (including phenoxy) is 1. The summed E-state index contributed by atoms with van der Waals surface area (Å²) in [6.45, 7) is 1.88. The normalized spacial score (nSPS) is 21.9. The van der Waals surface area contributed by atoms with Gasteiger partial charge >= 0.3 is 6.03 Å². The first kappa shape index (κ1) is 18.5. The van der Waals surface area contributed by atoms with E-state index in [0.29, 0.717) is 51.4 Å². The van der Waals surface area contributed by atoms with E-state index in [9.17, 15) is 19.2 Å². The van der Waals surface area contributed by atoms with Crippen molar-refractivity contribution in [3.05, 3.63) is 24.2 Å². The summed E-state index contributed by atoms with van der Waals surface area (Å²) in [7, 11) is 0. The van der Waals surface area contributed by atoms with Gasteiger partial charge in [-0.2, -0.15) is 0 Å². The van der Waals surface area contributed by atoms with E-state index < -0.39 is 17.5 Å². The lowest BCUT2D eigenvalue weighted by atomic mass is 9.89. The topological polar surface area (TPSA) is 112 Å². The Morgan fingerprint density at radius 2 is 1.93 bits per heavy atom. The fourth-order valence-electron chi connectivity index (χ4n) is 3.88. The van der Waals surface area contributed by atoms with Crippen LogP contribution in [0, 0.1) is 0 Å². The van der Waals surface area contributed by atoms with Crippen molar-refractivity contribution < 1.29 is 28.3 Å². The highest BCUT2D eigenvalue weighted by Crippen LogP contribution is 2.31. The standard InChI is InChI=1S/C18H22N4O6/c23-14-10-19-17(26)22(14)11-15(24)21-7-9-28-18(12-21)3-5-20(6-4-18)16(25)13-2-1-8-27-13/h1-2,8H,3-7,9-12H2,(H,19,26). The first-order chi connectivity index (χ1) is 13.5. The maximum absolute atomic E-state index is 12.6. The lowest BCUT2D eigenvalue weighted by Crippen LogP contribution is -2.59. The average Bonchev–Trinajstić information content (AvgIpc) is 3.34. The molecule has 28 heavy (non-hydrogen) atoms. The Labute approximate surface area is 161 Å². The zero-order valence-corrected chi connectivity index (χ0v) is 15.4. The maximum Gasteiger partial charge on any atom is 0.325 e. The summed E-state index contributed by atoms with van der Waals surface area (Å²) in [6.07, 6.45) is 2.68. The zero-order valence-electron chi connectivity index (χ0n) is 15.4. The van der Waals surface area contributed by atoms with Crippen LogP contribution in [0.5, 0.6) is 0 Å². The van der Waals surface area contributed by atoms with E-state index in [0.717, 1.165) is 4.90 Å². The molecule has 5 amide bonds. The van der Waals surface area contributed by atoms with Gasteiger partial charge < -0.3 is 24.3 Å². The van der Waals surface area contributed by atoms with Gasteiger partial charge in [-0.25, -0.2) is 4.79 Å². The summed E-state index contributed by atoms with van der Waals surface area (Å²) in [6, 6.07) is 2.78. The average molecular weight is 390 g/mol. The molecular weight excluding hydrogens is 368 g/mol. The molecule has 1 spiro atoms. The summed E-state index contributed by atoms with van der Waals surface area (Å²) in [4.78, 5) is 52.7. The van der Waals surface area contributed by atoms with Gasteiger partial charge in [-0.3, -0.25) is 19.3 Å². The molecule has 4 rings (SSSR count). The number of carbonyl (C=O) groups is 4. The Morgan fingerprint density at radius 3 is 2.57 bits per heavy atom. The highest BCUT2D eigenvalue weighted by molar-refractivity contribution is 6.04. The second-order valence-corrected chi connectivity index (χ2v) is 7.25. The molecule has 3 fully saturated rings. The molecule has 0 radical (unpaired) electrons. The predicted octanol–water partition coefficient (Wildman–Crippen LogP) is -0.335. The number of carbonyl (C=O) groups excluding carboxylic acids is 4. The molecule has 150 valence electrons. The third-order valence-electron chi connectivity index (χ3n) is 5.53. The fourth-order valence-corrected chi connectivity index (χ4v) is 3.88.